The van der Waals surface area contributed by atoms with Gasteiger partial charge in [0, 0.05) is 17.3 Å². The Hall–Kier alpha value is -0.560. The van der Waals surface area contributed by atoms with Gasteiger partial charge in [0.2, 0.25) is 0 Å². The summed E-state index contributed by atoms with van der Waals surface area (Å²) >= 11 is 0. The van der Waals surface area contributed by atoms with Crippen molar-refractivity contribution in [2.24, 2.45) is 28.6 Å². The zero-order chi connectivity index (χ0) is 17.0. The van der Waals surface area contributed by atoms with Crippen molar-refractivity contribution in [2.45, 2.75) is 88.6 Å². The van der Waals surface area contributed by atoms with Crippen molar-refractivity contribution < 1.29 is 14.9 Å². The lowest BCUT2D eigenvalue weighted by atomic mass is 9.44. The molecule has 3 nitrogen and oxygen atoms in total. The van der Waals surface area contributed by atoms with Gasteiger partial charge >= 0.3 is 0 Å². The lowest BCUT2D eigenvalue weighted by molar-refractivity contribution is -0.133. The summed E-state index contributed by atoms with van der Waals surface area (Å²) in [4.78, 5) is 0. The summed E-state index contributed by atoms with van der Waals surface area (Å²) in [7, 11) is 0. The number of aliphatic hydroxyl groups is 2. The van der Waals surface area contributed by atoms with Gasteiger partial charge in [0.1, 0.15) is 11.2 Å². The molecular formula is C21H30O3. The van der Waals surface area contributed by atoms with Gasteiger partial charge in [0.05, 0.1) is 12.2 Å². The average Bonchev–Trinajstić information content (AvgIpc) is 3.17. The maximum atomic E-state index is 11.1. The second-order valence-electron chi connectivity index (χ2n) is 9.92. The van der Waals surface area contributed by atoms with Crippen LogP contribution < -0.4 is 0 Å². The largest absolute Gasteiger partial charge is 0.393 e. The van der Waals surface area contributed by atoms with E-state index in [1.54, 1.807) is 0 Å². The van der Waals surface area contributed by atoms with E-state index in [2.05, 4.69) is 19.8 Å². The van der Waals surface area contributed by atoms with Gasteiger partial charge < -0.3 is 14.9 Å². The number of fused-ring (bicyclic) bond motifs is 4. The van der Waals surface area contributed by atoms with Crippen molar-refractivity contribution in [3.05, 3.63) is 0 Å². The van der Waals surface area contributed by atoms with Gasteiger partial charge in [-0.3, -0.25) is 0 Å². The molecule has 1 aliphatic heterocycles. The molecule has 0 amide bonds. The molecule has 1 spiro atoms. The molecule has 5 fully saturated rings. The zero-order valence-corrected chi connectivity index (χ0v) is 14.9. The summed E-state index contributed by atoms with van der Waals surface area (Å²) in [5, 5.41) is 21.3. The molecular weight excluding hydrogens is 300 g/mol. The Labute approximate surface area is 145 Å². The monoisotopic (exact) mass is 330 g/mol. The van der Waals surface area contributed by atoms with Gasteiger partial charge in [0.15, 0.2) is 0 Å². The van der Waals surface area contributed by atoms with Crippen LogP contribution in [0.3, 0.4) is 0 Å². The number of hydrogen-bond acceptors (Lipinski definition) is 3. The van der Waals surface area contributed by atoms with E-state index in [1.807, 2.05) is 0 Å². The topological polar surface area (TPSA) is 53.0 Å². The third-order valence-electron chi connectivity index (χ3n) is 9.45. The molecule has 0 bridgehead atoms. The van der Waals surface area contributed by atoms with E-state index in [9.17, 15) is 10.2 Å². The summed E-state index contributed by atoms with van der Waals surface area (Å²) in [6.45, 7) is 4.67. The Bertz CT molecular complexity index is 625. The molecule has 5 aliphatic rings. The Kier molecular flexibility index (Phi) is 2.87. The maximum Gasteiger partial charge on any atom is 0.130 e. The first-order valence-electron chi connectivity index (χ1n) is 9.86. The quantitative estimate of drug-likeness (QED) is 0.530. The maximum absolute atomic E-state index is 11.1. The zero-order valence-electron chi connectivity index (χ0n) is 14.9. The summed E-state index contributed by atoms with van der Waals surface area (Å²) in [6.07, 6.45) is 13.8. The van der Waals surface area contributed by atoms with Gasteiger partial charge in [-0.25, -0.2) is 0 Å². The first-order chi connectivity index (χ1) is 11.3. The van der Waals surface area contributed by atoms with E-state index in [1.165, 1.54) is 0 Å². The highest BCUT2D eigenvalue weighted by Crippen LogP contribution is 2.74. The normalized spacial score (nSPS) is 64.2. The standard InChI is InChI=1S/C21H30O3/c1-4-20(23)10-7-15-14-11-17-21(24-17)12-13(22)5-8-19(21,3)16(14)6-9-18(15,20)2/h1,13-17,22-23H,5-12H2,2-3H3/t13-,14-,15+,16-,17-,18+,19+,20-,21-/m0/s1. The van der Waals surface area contributed by atoms with Gasteiger partial charge in [-0.1, -0.05) is 19.8 Å². The number of aliphatic hydroxyl groups excluding tert-OH is 1. The minimum Gasteiger partial charge on any atom is -0.393 e. The van der Waals surface area contributed by atoms with Crippen LogP contribution in [0.2, 0.25) is 0 Å². The number of terminal acetylenes is 1. The van der Waals surface area contributed by atoms with Crippen LogP contribution in [0.5, 0.6) is 0 Å². The van der Waals surface area contributed by atoms with E-state index in [-0.39, 0.29) is 22.5 Å². The van der Waals surface area contributed by atoms with Crippen LogP contribution in [-0.2, 0) is 4.74 Å². The fourth-order valence-electron chi connectivity index (χ4n) is 7.91. The summed E-state index contributed by atoms with van der Waals surface area (Å²) in [6, 6.07) is 0. The summed E-state index contributed by atoms with van der Waals surface area (Å²) < 4.78 is 6.33. The van der Waals surface area contributed by atoms with Gasteiger partial charge in [-0.05, 0) is 62.7 Å². The first-order valence-corrected chi connectivity index (χ1v) is 9.86. The molecule has 0 unspecified atom stereocenters. The molecule has 5 rings (SSSR count). The number of ether oxygens (including phenoxy) is 1. The highest BCUT2D eigenvalue weighted by atomic mass is 16.6. The predicted molar refractivity (Wildman–Crippen MR) is 91.0 cm³/mol. The minimum atomic E-state index is -0.925. The van der Waals surface area contributed by atoms with Crippen LogP contribution in [0.1, 0.15) is 65.2 Å². The van der Waals surface area contributed by atoms with Crippen LogP contribution in [0.15, 0.2) is 0 Å². The minimum absolute atomic E-state index is 0.0550. The summed E-state index contributed by atoms with van der Waals surface area (Å²) in [5.74, 6) is 4.55. The van der Waals surface area contributed by atoms with Crippen molar-refractivity contribution in [1.29, 1.82) is 0 Å². The highest BCUT2D eigenvalue weighted by Gasteiger charge is 2.76. The van der Waals surface area contributed by atoms with Crippen LogP contribution >= 0.6 is 0 Å². The predicted octanol–water partition coefficient (Wildman–Crippen LogP) is 2.89. The molecule has 0 aromatic carbocycles. The van der Waals surface area contributed by atoms with Crippen molar-refractivity contribution in [3.63, 3.8) is 0 Å². The fourth-order valence-corrected chi connectivity index (χ4v) is 7.91. The Morgan fingerprint density at radius 1 is 1.04 bits per heavy atom. The average molecular weight is 330 g/mol. The SMILES string of the molecule is C#C[C@]1(O)CC[C@@H]2[C@@H]3C[C@@H]4O[C@@]45C[C@@H](O)CC[C@]5(C)[C@H]3CC[C@]21C. The molecule has 132 valence electrons. The van der Waals surface area contributed by atoms with E-state index in [0.29, 0.717) is 23.9 Å². The fraction of sp³-hybridized carbons (Fsp3) is 0.905. The van der Waals surface area contributed by atoms with Crippen LogP contribution in [0.4, 0.5) is 0 Å². The third kappa shape index (κ3) is 1.53. The van der Waals surface area contributed by atoms with Crippen LogP contribution in [0, 0.1) is 40.9 Å². The molecule has 1 saturated heterocycles. The first kappa shape index (κ1) is 15.7. The van der Waals surface area contributed by atoms with Gasteiger partial charge in [-0.15, -0.1) is 6.42 Å². The molecule has 0 radical (unpaired) electrons. The van der Waals surface area contributed by atoms with E-state index in [0.717, 1.165) is 51.4 Å². The molecule has 2 N–H and O–H groups in total. The van der Waals surface area contributed by atoms with Crippen molar-refractivity contribution in [1.82, 2.24) is 0 Å². The van der Waals surface area contributed by atoms with E-state index in [4.69, 9.17) is 11.2 Å². The highest BCUT2D eigenvalue weighted by molar-refractivity contribution is 5.28. The molecule has 1 heterocycles. The third-order valence-corrected chi connectivity index (χ3v) is 9.45. The number of hydrogen-bond donors (Lipinski definition) is 2. The second-order valence-corrected chi connectivity index (χ2v) is 9.92. The Morgan fingerprint density at radius 2 is 1.71 bits per heavy atom. The van der Waals surface area contributed by atoms with Crippen molar-refractivity contribution in [3.8, 4) is 12.3 Å². The Balaban J connectivity index is 1.52. The molecule has 4 saturated carbocycles. The lowest BCUT2D eigenvalue weighted by Crippen LogP contribution is -2.60. The van der Waals surface area contributed by atoms with Crippen molar-refractivity contribution in [2.75, 3.05) is 0 Å². The molecule has 0 aromatic heterocycles. The summed E-state index contributed by atoms with van der Waals surface area (Å²) in [5.41, 5.74) is -0.924. The lowest BCUT2D eigenvalue weighted by Gasteiger charge is -2.59. The van der Waals surface area contributed by atoms with E-state index < -0.39 is 5.60 Å². The molecule has 0 aromatic rings. The molecule has 4 aliphatic carbocycles. The molecule has 3 heteroatoms. The van der Waals surface area contributed by atoms with E-state index >= 15 is 0 Å². The van der Waals surface area contributed by atoms with Gasteiger partial charge in [-0.2, -0.15) is 0 Å². The molecule has 9 atom stereocenters. The number of epoxide rings is 1. The second kappa shape index (κ2) is 4.40. The van der Waals surface area contributed by atoms with Gasteiger partial charge in [0.25, 0.3) is 0 Å². The smallest absolute Gasteiger partial charge is 0.130 e. The number of rotatable bonds is 0. The van der Waals surface area contributed by atoms with Crippen LogP contribution in [0.25, 0.3) is 0 Å². The Morgan fingerprint density at radius 3 is 2.46 bits per heavy atom. The molecule has 24 heavy (non-hydrogen) atoms. The van der Waals surface area contributed by atoms with Crippen molar-refractivity contribution >= 4 is 0 Å². The van der Waals surface area contributed by atoms with Crippen LogP contribution in [-0.4, -0.2) is 33.6 Å².